The molecule has 2 heterocycles. The fourth-order valence-corrected chi connectivity index (χ4v) is 3.03. The fourth-order valence-electron chi connectivity index (χ4n) is 3.03. The fraction of sp³-hybridized carbons (Fsp3) is 0.611. The first kappa shape index (κ1) is 25.2. The van der Waals surface area contributed by atoms with E-state index in [0.29, 0.717) is 38.4 Å². The SMILES string of the molecule is CCNC(=NCCNc1ncccc1C(F)(F)F)N1CCC(C(=O)OC)CC1.I. The van der Waals surface area contributed by atoms with E-state index in [1.165, 1.54) is 19.4 Å². The predicted molar refractivity (Wildman–Crippen MR) is 115 cm³/mol. The van der Waals surface area contributed by atoms with Gasteiger partial charge in [-0.05, 0) is 31.9 Å². The van der Waals surface area contributed by atoms with Crippen molar-refractivity contribution in [3.05, 3.63) is 23.9 Å². The van der Waals surface area contributed by atoms with Crippen molar-refractivity contribution < 1.29 is 22.7 Å². The summed E-state index contributed by atoms with van der Waals surface area (Å²) < 4.78 is 43.7. The van der Waals surface area contributed by atoms with Crippen LogP contribution in [-0.2, 0) is 15.7 Å². The molecule has 0 atom stereocenters. The van der Waals surface area contributed by atoms with Crippen molar-refractivity contribution in [3.63, 3.8) is 0 Å². The van der Waals surface area contributed by atoms with Gasteiger partial charge in [-0.15, -0.1) is 24.0 Å². The van der Waals surface area contributed by atoms with Crippen LogP contribution in [-0.4, -0.2) is 61.6 Å². The molecule has 1 aliphatic heterocycles. The zero-order valence-electron chi connectivity index (χ0n) is 16.5. The van der Waals surface area contributed by atoms with Crippen LogP contribution in [0.1, 0.15) is 25.3 Å². The molecule has 1 fully saturated rings. The number of halogens is 4. The van der Waals surface area contributed by atoms with Gasteiger partial charge in [0, 0.05) is 32.4 Å². The highest BCUT2D eigenvalue weighted by molar-refractivity contribution is 14.0. The molecule has 0 saturated carbocycles. The van der Waals surface area contributed by atoms with Crippen LogP contribution in [0, 0.1) is 5.92 Å². The molecular weight excluding hydrogens is 502 g/mol. The molecule has 0 bridgehead atoms. The summed E-state index contributed by atoms with van der Waals surface area (Å²) in [5.74, 6) is 0.191. The van der Waals surface area contributed by atoms with Crippen molar-refractivity contribution in [3.8, 4) is 0 Å². The Morgan fingerprint density at radius 2 is 2.07 bits per heavy atom. The maximum Gasteiger partial charge on any atom is 0.419 e. The van der Waals surface area contributed by atoms with Gasteiger partial charge >= 0.3 is 12.1 Å². The first-order valence-electron chi connectivity index (χ1n) is 9.24. The summed E-state index contributed by atoms with van der Waals surface area (Å²) in [4.78, 5) is 21.9. The van der Waals surface area contributed by atoms with Gasteiger partial charge in [-0.25, -0.2) is 4.98 Å². The van der Waals surface area contributed by atoms with Crippen molar-refractivity contribution >= 4 is 41.7 Å². The number of hydrogen-bond acceptors (Lipinski definition) is 5. The van der Waals surface area contributed by atoms with Gasteiger partial charge < -0.3 is 20.3 Å². The molecule has 164 valence electrons. The van der Waals surface area contributed by atoms with Crippen molar-refractivity contribution in [2.24, 2.45) is 10.9 Å². The van der Waals surface area contributed by atoms with Gasteiger partial charge in [0.05, 0.1) is 25.1 Å². The molecule has 11 heteroatoms. The summed E-state index contributed by atoms with van der Waals surface area (Å²) in [5.41, 5.74) is -0.796. The second-order valence-corrected chi connectivity index (χ2v) is 6.34. The van der Waals surface area contributed by atoms with Gasteiger partial charge in [0.15, 0.2) is 5.96 Å². The summed E-state index contributed by atoms with van der Waals surface area (Å²) in [6.07, 6.45) is -1.79. The second-order valence-electron chi connectivity index (χ2n) is 6.34. The molecule has 0 unspecified atom stereocenters. The lowest BCUT2D eigenvalue weighted by atomic mass is 9.97. The third-order valence-corrected chi connectivity index (χ3v) is 4.44. The van der Waals surface area contributed by atoms with E-state index in [1.54, 1.807) is 0 Å². The summed E-state index contributed by atoms with van der Waals surface area (Å²) in [5, 5.41) is 5.89. The maximum absolute atomic E-state index is 13.0. The minimum absolute atomic E-state index is 0. The van der Waals surface area contributed by atoms with Gasteiger partial charge in [-0.2, -0.15) is 13.2 Å². The maximum atomic E-state index is 13.0. The molecule has 0 radical (unpaired) electrons. The van der Waals surface area contributed by atoms with Crippen molar-refractivity contribution in [2.45, 2.75) is 25.9 Å². The first-order chi connectivity index (χ1) is 13.4. The van der Waals surface area contributed by atoms with Gasteiger partial charge in [-0.1, -0.05) is 0 Å². The van der Waals surface area contributed by atoms with Crippen molar-refractivity contribution in [2.75, 3.05) is 45.2 Å². The highest BCUT2D eigenvalue weighted by Crippen LogP contribution is 2.33. The molecule has 7 nitrogen and oxygen atoms in total. The molecule has 1 saturated heterocycles. The van der Waals surface area contributed by atoms with Crippen molar-refractivity contribution in [1.29, 1.82) is 0 Å². The topological polar surface area (TPSA) is 78.9 Å². The number of alkyl halides is 3. The highest BCUT2D eigenvalue weighted by atomic mass is 127. The van der Waals surface area contributed by atoms with Gasteiger partial charge in [-0.3, -0.25) is 9.79 Å². The number of nitrogens with zero attached hydrogens (tertiary/aromatic N) is 3. The molecule has 0 amide bonds. The number of ether oxygens (including phenoxy) is 1. The standard InChI is InChI=1S/C18H26F3N5O2.HI/c1-3-22-17(26-11-6-13(7-12-26)16(27)28-2)25-10-9-24-15-14(18(19,20)21)5-4-8-23-15;/h4-5,8,13H,3,6-7,9-12H2,1-2H3,(H,22,25)(H,23,24);1H. The van der Waals surface area contributed by atoms with Gasteiger partial charge in [0.25, 0.3) is 0 Å². The van der Waals surface area contributed by atoms with Crippen LogP contribution < -0.4 is 10.6 Å². The molecule has 29 heavy (non-hydrogen) atoms. The van der Waals surface area contributed by atoms with Crippen LogP contribution in [0.3, 0.4) is 0 Å². The number of carbonyl (C=O) groups excluding carboxylic acids is 1. The summed E-state index contributed by atoms with van der Waals surface area (Å²) in [6.45, 7) is 4.44. The van der Waals surface area contributed by atoms with E-state index in [0.717, 1.165) is 6.07 Å². The number of guanidine groups is 1. The summed E-state index contributed by atoms with van der Waals surface area (Å²) in [6, 6.07) is 2.25. The number of aliphatic imine (C=N–C) groups is 1. The van der Waals surface area contributed by atoms with Gasteiger partial charge in [0.2, 0.25) is 0 Å². The monoisotopic (exact) mass is 529 g/mol. The molecule has 0 spiro atoms. The van der Waals surface area contributed by atoms with E-state index in [4.69, 9.17) is 4.74 Å². The van der Waals surface area contributed by atoms with Crippen LogP contribution in [0.25, 0.3) is 0 Å². The number of hydrogen-bond donors (Lipinski definition) is 2. The average Bonchev–Trinajstić information content (AvgIpc) is 2.69. The minimum atomic E-state index is -4.46. The minimum Gasteiger partial charge on any atom is -0.469 e. The number of likely N-dealkylation sites (tertiary alicyclic amines) is 1. The van der Waals surface area contributed by atoms with E-state index in [2.05, 4.69) is 20.6 Å². The van der Waals surface area contributed by atoms with Crippen LogP contribution in [0.5, 0.6) is 0 Å². The number of carbonyl (C=O) groups is 1. The predicted octanol–water partition coefficient (Wildman–Crippen LogP) is 2.98. The second kappa shape index (κ2) is 12.0. The number of esters is 1. The Balaban J connectivity index is 0.00000420. The molecule has 1 aliphatic rings. The normalized spacial score (nSPS) is 15.5. The number of aromatic nitrogens is 1. The van der Waals surface area contributed by atoms with E-state index in [1.807, 2.05) is 11.8 Å². The smallest absolute Gasteiger partial charge is 0.419 e. The number of rotatable bonds is 6. The van der Waals surface area contributed by atoms with E-state index < -0.39 is 11.7 Å². The Kier molecular flexibility index (Phi) is 10.5. The Labute approximate surface area is 185 Å². The van der Waals surface area contributed by atoms with Crippen LogP contribution in [0.4, 0.5) is 19.0 Å². The Bertz CT molecular complexity index is 680. The highest BCUT2D eigenvalue weighted by Gasteiger charge is 2.34. The number of piperidine rings is 1. The third kappa shape index (κ3) is 7.52. The summed E-state index contributed by atoms with van der Waals surface area (Å²) >= 11 is 0. The molecule has 2 rings (SSSR count). The molecule has 1 aromatic rings. The Morgan fingerprint density at radius 1 is 1.38 bits per heavy atom. The largest absolute Gasteiger partial charge is 0.469 e. The van der Waals surface area contributed by atoms with E-state index >= 15 is 0 Å². The zero-order valence-corrected chi connectivity index (χ0v) is 18.8. The lowest BCUT2D eigenvalue weighted by molar-refractivity contribution is -0.146. The lowest BCUT2D eigenvalue weighted by Crippen LogP contribution is -2.46. The zero-order chi connectivity index (χ0) is 20.6. The van der Waals surface area contributed by atoms with E-state index in [9.17, 15) is 18.0 Å². The average molecular weight is 529 g/mol. The number of nitrogens with one attached hydrogen (secondary N) is 2. The van der Waals surface area contributed by atoms with Crippen LogP contribution in [0.15, 0.2) is 23.3 Å². The summed E-state index contributed by atoms with van der Waals surface area (Å²) in [7, 11) is 1.39. The third-order valence-electron chi connectivity index (χ3n) is 4.44. The Hall–Kier alpha value is -1.79. The Morgan fingerprint density at radius 3 is 2.66 bits per heavy atom. The van der Waals surface area contributed by atoms with Gasteiger partial charge in [0.1, 0.15) is 5.82 Å². The van der Waals surface area contributed by atoms with E-state index in [-0.39, 0.29) is 54.8 Å². The van der Waals surface area contributed by atoms with Crippen LogP contribution in [0.2, 0.25) is 0 Å². The number of anilines is 1. The first-order valence-corrected chi connectivity index (χ1v) is 9.24. The van der Waals surface area contributed by atoms with Crippen molar-refractivity contribution in [1.82, 2.24) is 15.2 Å². The number of pyridine rings is 1. The van der Waals surface area contributed by atoms with Crippen LogP contribution >= 0.6 is 24.0 Å². The number of methoxy groups -OCH3 is 1. The quantitative estimate of drug-likeness (QED) is 0.194. The molecule has 2 N–H and O–H groups in total. The molecule has 0 aliphatic carbocycles. The molecule has 1 aromatic heterocycles. The lowest BCUT2D eigenvalue weighted by Gasteiger charge is -2.33. The molecular formula is C18H27F3IN5O2. The molecule has 0 aromatic carbocycles.